The standard InChI is InChI=1S/C16H21ClN2O5S/c1-3-10(2)18-15(20)9-24-16(21)11-4-7-13(17)14(8-11)25(22,23)19-12-5-6-12/h4,7-8,10,12,19H,3,5-6,9H2,1-2H3,(H,18,20)/t10-/m0/s1. The highest BCUT2D eigenvalue weighted by molar-refractivity contribution is 7.89. The Hall–Kier alpha value is -1.64. The Morgan fingerprint density at radius 3 is 2.64 bits per heavy atom. The quantitative estimate of drug-likeness (QED) is 0.662. The molecule has 1 saturated carbocycles. The summed E-state index contributed by atoms with van der Waals surface area (Å²) in [6, 6.07) is 3.72. The highest BCUT2D eigenvalue weighted by atomic mass is 35.5. The maximum atomic E-state index is 12.3. The van der Waals surface area contributed by atoms with Crippen LogP contribution in [-0.2, 0) is 19.6 Å². The van der Waals surface area contributed by atoms with Crippen molar-refractivity contribution in [2.45, 2.75) is 50.1 Å². The molecular weight excluding hydrogens is 368 g/mol. The van der Waals surface area contributed by atoms with E-state index in [9.17, 15) is 18.0 Å². The van der Waals surface area contributed by atoms with Crippen molar-refractivity contribution < 1.29 is 22.7 Å². The van der Waals surface area contributed by atoms with Gasteiger partial charge in [-0.3, -0.25) is 4.79 Å². The number of esters is 1. The SMILES string of the molecule is CC[C@H](C)NC(=O)COC(=O)c1ccc(Cl)c(S(=O)(=O)NC2CC2)c1. The molecule has 0 bridgehead atoms. The van der Waals surface area contributed by atoms with Gasteiger partial charge in [-0.25, -0.2) is 17.9 Å². The van der Waals surface area contributed by atoms with Crippen molar-refractivity contribution in [1.29, 1.82) is 0 Å². The Bertz CT molecular complexity index is 762. The molecular formula is C16H21ClN2O5S. The van der Waals surface area contributed by atoms with E-state index in [1.165, 1.54) is 12.1 Å². The van der Waals surface area contributed by atoms with Gasteiger partial charge in [0.25, 0.3) is 5.91 Å². The first-order valence-corrected chi connectivity index (χ1v) is 9.87. The molecule has 25 heavy (non-hydrogen) atoms. The number of carbonyl (C=O) groups is 2. The molecule has 2 N–H and O–H groups in total. The van der Waals surface area contributed by atoms with Crippen molar-refractivity contribution >= 4 is 33.5 Å². The van der Waals surface area contributed by atoms with Gasteiger partial charge < -0.3 is 10.1 Å². The number of halogens is 1. The lowest BCUT2D eigenvalue weighted by molar-refractivity contribution is -0.124. The van der Waals surface area contributed by atoms with Gasteiger partial charge in [-0.2, -0.15) is 0 Å². The minimum atomic E-state index is -3.80. The third-order valence-electron chi connectivity index (χ3n) is 3.71. The molecule has 1 aliphatic carbocycles. The fourth-order valence-electron chi connectivity index (χ4n) is 1.95. The van der Waals surface area contributed by atoms with E-state index in [1.807, 2.05) is 13.8 Å². The first-order chi connectivity index (χ1) is 11.7. The van der Waals surface area contributed by atoms with E-state index in [2.05, 4.69) is 10.0 Å². The van der Waals surface area contributed by atoms with E-state index in [1.54, 1.807) is 0 Å². The second kappa shape index (κ2) is 8.16. The number of rotatable bonds is 8. The summed E-state index contributed by atoms with van der Waals surface area (Å²) in [6.07, 6.45) is 2.32. The zero-order valence-electron chi connectivity index (χ0n) is 14.0. The lowest BCUT2D eigenvalue weighted by Gasteiger charge is -2.12. The van der Waals surface area contributed by atoms with Gasteiger partial charge in [-0.05, 0) is 44.4 Å². The number of carbonyl (C=O) groups excluding carboxylic acids is 2. The summed E-state index contributed by atoms with van der Waals surface area (Å²) in [5.74, 6) is -1.21. The summed E-state index contributed by atoms with van der Waals surface area (Å²) in [6.45, 7) is 3.32. The van der Waals surface area contributed by atoms with Crippen LogP contribution in [0.25, 0.3) is 0 Å². The topological polar surface area (TPSA) is 102 Å². The fourth-order valence-corrected chi connectivity index (χ4v) is 3.78. The third-order valence-corrected chi connectivity index (χ3v) is 5.71. The van der Waals surface area contributed by atoms with Crippen LogP contribution in [0.4, 0.5) is 0 Å². The van der Waals surface area contributed by atoms with Gasteiger partial charge in [0.2, 0.25) is 10.0 Å². The number of sulfonamides is 1. The number of hydrogen-bond acceptors (Lipinski definition) is 5. The van der Waals surface area contributed by atoms with Crippen LogP contribution in [0.1, 0.15) is 43.5 Å². The van der Waals surface area contributed by atoms with Crippen molar-refractivity contribution in [3.63, 3.8) is 0 Å². The van der Waals surface area contributed by atoms with Gasteiger partial charge in [0.05, 0.1) is 10.6 Å². The molecule has 0 saturated heterocycles. The summed E-state index contributed by atoms with van der Waals surface area (Å²) < 4.78 is 32.0. The summed E-state index contributed by atoms with van der Waals surface area (Å²) in [5, 5.41) is 2.68. The lowest BCUT2D eigenvalue weighted by atomic mass is 10.2. The molecule has 9 heteroatoms. The molecule has 1 aliphatic rings. The van der Waals surface area contributed by atoms with Crippen LogP contribution in [0.3, 0.4) is 0 Å². The number of hydrogen-bond donors (Lipinski definition) is 2. The molecule has 0 unspecified atom stereocenters. The van der Waals surface area contributed by atoms with Gasteiger partial charge in [-0.1, -0.05) is 18.5 Å². The molecule has 1 aromatic rings. The van der Waals surface area contributed by atoms with Crippen molar-refractivity contribution in [1.82, 2.24) is 10.0 Å². The molecule has 138 valence electrons. The summed E-state index contributed by atoms with van der Waals surface area (Å²) >= 11 is 5.95. The van der Waals surface area contributed by atoms with Gasteiger partial charge >= 0.3 is 5.97 Å². The Labute approximate surface area is 152 Å². The van der Waals surface area contributed by atoms with Gasteiger partial charge in [0, 0.05) is 12.1 Å². The number of nitrogens with one attached hydrogen (secondary N) is 2. The van der Waals surface area contributed by atoms with E-state index in [0.29, 0.717) is 0 Å². The third kappa shape index (κ3) is 5.69. The molecule has 0 heterocycles. The minimum absolute atomic E-state index is 0.0110. The highest BCUT2D eigenvalue weighted by Crippen LogP contribution is 2.27. The average molecular weight is 389 g/mol. The van der Waals surface area contributed by atoms with E-state index < -0.39 is 28.5 Å². The van der Waals surface area contributed by atoms with E-state index in [0.717, 1.165) is 25.3 Å². The fraction of sp³-hybridized carbons (Fsp3) is 0.500. The number of benzene rings is 1. The number of amides is 1. The highest BCUT2D eigenvalue weighted by Gasteiger charge is 2.29. The van der Waals surface area contributed by atoms with Crippen molar-refractivity contribution in [3.05, 3.63) is 28.8 Å². The Morgan fingerprint density at radius 2 is 2.04 bits per heavy atom. The second-order valence-electron chi connectivity index (χ2n) is 5.99. The van der Waals surface area contributed by atoms with E-state index >= 15 is 0 Å². The van der Waals surface area contributed by atoms with Crippen molar-refractivity contribution in [3.8, 4) is 0 Å². The smallest absolute Gasteiger partial charge is 0.338 e. The maximum absolute atomic E-state index is 12.3. The van der Waals surface area contributed by atoms with Crippen LogP contribution in [0.15, 0.2) is 23.1 Å². The average Bonchev–Trinajstić information content (AvgIpc) is 3.35. The molecule has 0 aliphatic heterocycles. The molecule has 0 spiro atoms. The van der Waals surface area contributed by atoms with Gasteiger partial charge in [0.15, 0.2) is 6.61 Å². The maximum Gasteiger partial charge on any atom is 0.338 e. The van der Waals surface area contributed by atoms with E-state index in [4.69, 9.17) is 16.3 Å². The number of ether oxygens (including phenoxy) is 1. The van der Waals surface area contributed by atoms with Crippen LogP contribution in [0, 0.1) is 0 Å². The molecule has 1 amide bonds. The minimum Gasteiger partial charge on any atom is -0.452 e. The van der Waals surface area contributed by atoms with Gasteiger partial charge in [0.1, 0.15) is 4.90 Å². The van der Waals surface area contributed by atoms with E-state index in [-0.39, 0.29) is 27.6 Å². The predicted octanol–water partition coefficient (Wildman–Crippen LogP) is 1.85. The molecule has 1 atom stereocenters. The van der Waals surface area contributed by atoms with Crippen molar-refractivity contribution in [2.24, 2.45) is 0 Å². The first-order valence-electron chi connectivity index (χ1n) is 8.01. The monoisotopic (exact) mass is 388 g/mol. The van der Waals surface area contributed by atoms with Crippen LogP contribution in [0.2, 0.25) is 5.02 Å². The normalized spacial score (nSPS) is 15.5. The molecule has 2 rings (SSSR count). The molecule has 0 aromatic heterocycles. The lowest BCUT2D eigenvalue weighted by Crippen LogP contribution is -2.35. The Morgan fingerprint density at radius 1 is 1.36 bits per heavy atom. The largest absolute Gasteiger partial charge is 0.452 e. The Kier molecular flexibility index (Phi) is 6.42. The molecule has 7 nitrogen and oxygen atoms in total. The molecule has 0 radical (unpaired) electrons. The van der Waals surface area contributed by atoms with Gasteiger partial charge in [-0.15, -0.1) is 0 Å². The summed E-state index contributed by atoms with van der Waals surface area (Å²) in [7, 11) is -3.80. The second-order valence-corrected chi connectivity index (χ2v) is 8.08. The predicted molar refractivity (Wildman–Crippen MR) is 93.0 cm³/mol. The summed E-state index contributed by atoms with van der Waals surface area (Å²) in [4.78, 5) is 23.5. The van der Waals surface area contributed by atoms with Crippen LogP contribution < -0.4 is 10.0 Å². The summed E-state index contributed by atoms with van der Waals surface area (Å²) in [5.41, 5.74) is 0.0110. The zero-order chi connectivity index (χ0) is 18.6. The Balaban J connectivity index is 2.05. The molecule has 1 fully saturated rings. The molecule has 1 aromatic carbocycles. The van der Waals surface area contributed by atoms with Crippen molar-refractivity contribution in [2.75, 3.05) is 6.61 Å². The van der Waals surface area contributed by atoms with Crippen LogP contribution in [-0.4, -0.2) is 39.0 Å². The van der Waals surface area contributed by atoms with Crippen LogP contribution in [0.5, 0.6) is 0 Å². The first kappa shape index (κ1) is 19.7. The van der Waals surface area contributed by atoms with Crippen LogP contribution >= 0.6 is 11.6 Å². The zero-order valence-corrected chi connectivity index (χ0v) is 15.6.